The molecule has 0 radical (unpaired) electrons. The average Bonchev–Trinajstić information content (AvgIpc) is 0.798. The maximum Gasteiger partial charge on any atom is 0.430 e. The Morgan fingerprint density at radius 2 is 0.436 bits per heavy atom. The quantitative estimate of drug-likeness (QED) is 0.0374. The zero-order valence-electron chi connectivity index (χ0n) is 89.2. The summed E-state index contributed by atoms with van der Waals surface area (Å²) in [5.74, 6) is -6.01. The molecule has 0 N–H and O–H groups in total. The van der Waals surface area contributed by atoms with Crippen LogP contribution in [-0.4, -0.2) is 459 Å². The molecule has 0 saturated carbocycles. The van der Waals surface area contributed by atoms with Crippen molar-refractivity contribution in [1.82, 2.24) is 0 Å². The van der Waals surface area contributed by atoms with E-state index < -0.39 is 77.1 Å². The molecule has 60 heteroatoms. The summed E-state index contributed by atoms with van der Waals surface area (Å²) in [6.45, 7) is 74.2. The van der Waals surface area contributed by atoms with E-state index in [-0.39, 0.29) is 30.9 Å². The van der Waals surface area contributed by atoms with Crippen LogP contribution in [0.3, 0.4) is 0 Å². The molecule has 21 nitrogen and oxygen atoms in total. The number of hydrogen-bond acceptors (Lipinski definition) is 13. The van der Waals surface area contributed by atoms with Crippen LogP contribution in [0.25, 0.3) is 0 Å². The van der Waals surface area contributed by atoms with E-state index in [1.54, 1.807) is 64.0 Å². The number of halogens is 32. The van der Waals surface area contributed by atoms with Gasteiger partial charge in [-0.25, -0.2) is 0 Å². The number of carboxylic acids is 2. The van der Waals surface area contributed by atoms with Gasteiger partial charge in [-0.05, 0) is 130 Å². The third-order valence-electron chi connectivity index (χ3n) is 23.1. The maximum absolute atomic E-state index is 10.7. The number of likely N-dealkylation sites (N-methyl/N-ethyl adjacent to an activating group) is 8. The number of carbonyl (C=O) groups excluding carboxylic acids is 2. The van der Waals surface area contributed by atoms with E-state index in [0.717, 1.165) is 121 Å². The van der Waals surface area contributed by atoms with Gasteiger partial charge in [-0.15, -0.1) is 0 Å². The van der Waals surface area contributed by atoms with Gasteiger partial charge in [0.1, 0.15) is 64.3 Å². The molecule has 872 valence electrons. The molecule has 0 atom stereocenters. The van der Waals surface area contributed by atoms with Gasteiger partial charge in [-0.2, -0.15) is 26.3 Å². The molecule has 0 bridgehead atoms. The summed E-state index contributed by atoms with van der Waals surface area (Å²) in [4.78, 5) is 17.6. The van der Waals surface area contributed by atoms with E-state index in [1.165, 1.54) is 195 Å². The van der Waals surface area contributed by atoms with E-state index in [0.29, 0.717) is 0 Å². The molecule has 2 aliphatic heterocycles. The van der Waals surface area contributed by atoms with Crippen LogP contribution in [-0.2, 0) is 52.2 Å². The SMILES string of the molecule is C.CC[N+](C)(CC)CCOC.CC[N+](C)(CC)CCOC.CC[N+](C)(CC)CCOC.CC[N+](C)(CC)CCOC.CC[N+](C)(CC)CCOC.CC[N+](CC)(CC)CCOC.CC[P+](CC)(CC)CCOC.COCC[N+]1(C)CCCC1.COCC[N+]1(C)CCCCC1.FB(F)F.FB(F)F.FB(F)F.FB(F)F.FB(F)F.F[P-](F)(F)(F)(F)F.O=C([O-])C(F)(F)F.O=C([O-])C(F)(F)F.[F-].[F-].[F-].[F-].[F-]. The number of carboxylic acid groups (broad SMARTS) is 2. The summed E-state index contributed by atoms with van der Waals surface area (Å²) in [5.41, 5.74) is 0. The molecule has 0 spiro atoms. The minimum absolute atomic E-state index is 0. The Morgan fingerprint density at radius 3 is 0.550 bits per heavy atom. The Bertz CT molecular complexity index is 2180. The second-order valence-corrected chi connectivity index (χ2v) is 38.9. The second kappa shape index (κ2) is 109. The van der Waals surface area contributed by atoms with Gasteiger partial charge in [0, 0.05) is 84.1 Å². The van der Waals surface area contributed by atoms with Crippen molar-refractivity contribution >= 4 is 64.7 Å². The summed E-state index contributed by atoms with van der Waals surface area (Å²) in [6.07, 6.45) is 2.16. The van der Waals surface area contributed by atoms with E-state index in [1.807, 2.05) is 0 Å². The number of nitrogens with zero attached hydrogens (tertiary/aromatic N) is 8. The molecule has 2 heterocycles. The molecule has 0 aromatic rings. The fourth-order valence-corrected chi connectivity index (χ4v) is 13.4. The number of alkyl halides is 6. The smallest absolute Gasteiger partial charge is 0.430 e. The number of rotatable bonds is 43. The molecule has 2 aliphatic rings. The Balaban J connectivity index is -0.0000000569. The molecule has 0 aliphatic carbocycles. The molecule has 0 aromatic heterocycles. The molecule has 2 rings (SSSR count). The van der Waals surface area contributed by atoms with Crippen LogP contribution in [0.15, 0.2) is 0 Å². The van der Waals surface area contributed by atoms with Crippen LogP contribution < -0.4 is 33.7 Å². The minimum Gasteiger partial charge on any atom is -1.00 e. The van der Waals surface area contributed by atoms with Crippen molar-refractivity contribution in [3.8, 4) is 0 Å². The summed E-state index contributed by atoms with van der Waals surface area (Å²) in [7, 11) is 2.35. The van der Waals surface area contributed by atoms with Gasteiger partial charge in [-0.3, -0.25) is 64.7 Å². The van der Waals surface area contributed by atoms with E-state index in [2.05, 4.69) is 160 Å². The number of likely N-dealkylation sites (tertiary alicyclic amines) is 2. The number of ether oxygens (including phenoxy) is 9. The molecule has 2 fully saturated rings. The number of hydrogen-bond donors (Lipinski definition) is 0. The summed E-state index contributed by atoms with van der Waals surface area (Å²) >= 11 is 0. The van der Waals surface area contributed by atoms with E-state index in [4.69, 9.17) is 62.4 Å². The first-order valence-corrected chi connectivity index (χ1v) is 49.2. The molecular weight excluding hydrogens is 2000 g/mol. The predicted molar refractivity (Wildman–Crippen MR) is 500 cm³/mol. The van der Waals surface area contributed by atoms with Gasteiger partial charge < -0.3 is 122 Å². The maximum atomic E-state index is 10.5. The van der Waals surface area contributed by atoms with E-state index in [9.17, 15) is 116 Å². The van der Waals surface area contributed by atoms with Crippen LogP contribution in [0.4, 0.5) is 116 Å². The first-order chi connectivity index (χ1) is 60.9. The summed E-state index contributed by atoms with van der Waals surface area (Å²) in [6, 6.07) is 0. The largest absolute Gasteiger partial charge is 1.00 e. The molecule has 0 aromatic carbocycles. The van der Waals surface area contributed by atoms with Crippen LogP contribution in [0.2, 0.25) is 0 Å². The number of methoxy groups -OCH3 is 9. The molecule has 140 heavy (non-hydrogen) atoms. The standard InChI is InChI=1S/C9H20NO.C9H22NO.C9H22OP.C8H18NO.5C8H20NO.2C2HF3O2.CH4.5BF3.F6P.5FH/c1-10(8-9-11-2)6-4-3-5-7-10;1-5-10(6-2,7-3)8-9-11-4;1-5-11(6-2,7-3)9-8-10-4;1-9(7-8-10-2)5-3-4-6-9;5*1-5-9(3,6-2)7-8-10-4;2*3-2(4,5)1(6)7;;5*2-1(3)4;1-7(2,3,4,5)6;;;;;/h3-9H2,1-2H3;2*5-9H2,1-4H3;3-8H2,1-2H3;5*5-8H2,1-4H3;2*(H,6,7);1H4;;;;;;;5*1H/q9*+1;;;;;;;;;-1;;;;;/p-7. The Labute approximate surface area is 823 Å². The first-order valence-electron chi connectivity index (χ1n) is 44.6. The monoisotopic (exact) mass is 2190 g/mol. The number of quaternary nitrogens is 8. The molecule has 0 amide bonds. The van der Waals surface area contributed by atoms with Crippen LogP contribution >= 0.6 is 15.1 Å². The topological polar surface area (TPSA) is 163 Å². The fraction of sp³-hybridized carbons (Fsp3) is 0.975. The van der Waals surface area contributed by atoms with Gasteiger partial charge in [0.15, 0.2) is 0 Å². The molecule has 0 unspecified atom stereocenters. The van der Waals surface area contributed by atoms with Gasteiger partial charge in [0.2, 0.25) is 0 Å². The Hall–Kier alpha value is -2.80. The van der Waals surface area contributed by atoms with Crippen molar-refractivity contribution in [2.75, 3.05) is 361 Å². The van der Waals surface area contributed by atoms with Crippen molar-refractivity contribution in [2.45, 2.75) is 163 Å². The van der Waals surface area contributed by atoms with Crippen molar-refractivity contribution in [3.63, 3.8) is 0 Å². The number of piperidine rings is 1. The number of aliphatic carboxylic acids is 2. The third kappa shape index (κ3) is 166. The number of carbonyl (C=O) groups is 2. The average molecular weight is 2190 g/mol. The van der Waals surface area contributed by atoms with Gasteiger partial charge in [-0.1, -0.05) is 7.43 Å². The fourth-order valence-electron chi connectivity index (χ4n) is 10.6. The van der Waals surface area contributed by atoms with Gasteiger partial charge >= 0.3 is 83.1 Å². The van der Waals surface area contributed by atoms with E-state index >= 15 is 0 Å². The Kier molecular flexibility index (Phi) is 147. The Morgan fingerprint density at radius 1 is 0.300 bits per heavy atom. The van der Waals surface area contributed by atoms with Gasteiger partial charge in [0.25, 0.3) is 0 Å². The zero-order valence-corrected chi connectivity index (χ0v) is 91.0. The van der Waals surface area contributed by atoms with Crippen molar-refractivity contribution in [3.05, 3.63) is 0 Å². The molecular formula is C80H186B5F32N8O13P2+. The minimum atomic E-state index is -10.7. The zero-order chi connectivity index (χ0) is 110. The van der Waals surface area contributed by atoms with Crippen LogP contribution in [0.5, 0.6) is 0 Å². The van der Waals surface area contributed by atoms with Crippen LogP contribution in [0, 0.1) is 0 Å². The predicted octanol–water partition coefficient (Wildman–Crippen LogP) is 3.99. The van der Waals surface area contributed by atoms with Crippen LogP contribution in [0.1, 0.15) is 150 Å². The van der Waals surface area contributed by atoms with Gasteiger partial charge in [0.05, 0.1) is 245 Å². The summed E-state index contributed by atoms with van der Waals surface area (Å²) in [5, 5.41) is 17.6. The first kappa shape index (κ1) is 188. The third-order valence-corrected chi connectivity index (χ3v) is 28.2. The summed E-state index contributed by atoms with van der Waals surface area (Å²) < 4.78 is 322. The van der Waals surface area contributed by atoms with Crippen molar-refractivity contribution < 1.29 is 238 Å². The van der Waals surface area contributed by atoms with Crippen molar-refractivity contribution in [2.24, 2.45) is 0 Å². The van der Waals surface area contributed by atoms with Crippen molar-refractivity contribution in [1.29, 1.82) is 0 Å². The molecule has 2 saturated heterocycles. The second-order valence-electron chi connectivity index (χ2n) is 32.0. The normalized spacial score (nSPS) is 12.9.